The van der Waals surface area contributed by atoms with Crippen LogP contribution in [0.1, 0.15) is 23.1 Å². The number of nitriles is 1. The molecule has 0 aliphatic carbocycles. The van der Waals surface area contributed by atoms with Crippen LogP contribution in [-0.2, 0) is 7.05 Å². The Morgan fingerprint density at radius 1 is 1.08 bits per heavy atom. The molecule has 3 aromatic rings. The Bertz CT molecular complexity index is 907. The van der Waals surface area contributed by atoms with Gasteiger partial charge >= 0.3 is 0 Å². The van der Waals surface area contributed by atoms with E-state index in [1.807, 2.05) is 36.0 Å². The van der Waals surface area contributed by atoms with Gasteiger partial charge in [-0.2, -0.15) is 5.26 Å². The van der Waals surface area contributed by atoms with Crippen molar-refractivity contribution in [2.75, 3.05) is 19.5 Å². The van der Waals surface area contributed by atoms with E-state index in [9.17, 15) is 0 Å². The Kier molecular flexibility index (Phi) is 4.99. The summed E-state index contributed by atoms with van der Waals surface area (Å²) in [7, 11) is 5.13. The Hall–Kier alpha value is -3.60. The normalized spacial score (nSPS) is 11.5. The van der Waals surface area contributed by atoms with Gasteiger partial charge in [-0.15, -0.1) is 0 Å². The highest BCUT2D eigenvalue weighted by Crippen LogP contribution is 2.31. The van der Waals surface area contributed by atoms with Gasteiger partial charge < -0.3 is 19.4 Å². The van der Waals surface area contributed by atoms with Crippen LogP contribution in [-0.4, -0.2) is 33.7 Å². The van der Waals surface area contributed by atoms with Crippen LogP contribution in [0.15, 0.2) is 43.0 Å². The molecule has 0 bridgehead atoms. The number of nitrogens with zero attached hydrogens (tertiary/aromatic N) is 5. The summed E-state index contributed by atoms with van der Waals surface area (Å²) in [4.78, 5) is 12.7. The highest BCUT2D eigenvalue weighted by Gasteiger charge is 2.21. The van der Waals surface area contributed by atoms with Crippen molar-refractivity contribution in [1.82, 2.24) is 19.5 Å². The van der Waals surface area contributed by atoms with Gasteiger partial charge in [-0.05, 0) is 17.7 Å². The summed E-state index contributed by atoms with van der Waals surface area (Å²) in [5.74, 6) is 2.66. The van der Waals surface area contributed by atoms with E-state index in [-0.39, 0.29) is 11.7 Å². The van der Waals surface area contributed by atoms with Crippen LogP contribution in [0.3, 0.4) is 0 Å². The first kappa shape index (κ1) is 17.2. The van der Waals surface area contributed by atoms with Crippen LogP contribution < -0.4 is 14.8 Å². The number of anilines is 1. The first-order valence-corrected chi connectivity index (χ1v) is 7.83. The molecule has 8 heteroatoms. The lowest BCUT2D eigenvalue weighted by Crippen LogP contribution is -2.18. The summed E-state index contributed by atoms with van der Waals surface area (Å²) in [5, 5.41) is 12.2. The highest BCUT2D eigenvalue weighted by molar-refractivity contribution is 5.46. The number of benzene rings is 1. The Labute approximate surface area is 151 Å². The summed E-state index contributed by atoms with van der Waals surface area (Å²) < 4.78 is 12.7. The Morgan fingerprint density at radius 2 is 1.81 bits per heavy atom. The smallest absolute Gasteiger partial charge is 0.158 e. The highest BCUT2D eigenvalue weighted by atomic mass is 16.5. The molecule has 0 aliphatic heterocycles. The molecule has 0 fully saturated rings. The molecule has 1 aromatic carbocycles. The van der Waals surface area contributed by atoms with Crippen LogP contribution in [0.4, 0.5) is 5.82 Å². The number of aryl methyl sites for hydroxylation is 1. The summed E-state index contributed by atoms with van der Waals surface area (Å²) in [6, 6.07) is 7.26. The second-order valence-corrected chi connectivity index (χ2v) is 5.52. The number of rotatable bonds is 6. The van der Waals surface area contributed by atoms with Gasteiger partial charge in [0.1, 0.15) is 35.3 Å². The second-order valence-electron chi connectivity index (χ2n) is 5.52. The summed E-state index contributed by atoms with van der Waals surface area (Å²) in [6.07, 6.45) is 6.54. The molecular weight excluding hydrogens is 332 g/mol. The molecule has 1 unspecified atom stereocenters. The number of nitrogens with one attached hydrogen (secondary N) is 1. The second kappa shape index (κ2) is 7.53. The van der Waals surface area contributed by atoms with Crippen molar-refractivity contribution < 1.29 is 9.47 Å². The standard InChI is InChI=1S/C18H18N6O2/c1-24-5-4-20-18(24)17(23-16-11-21-13(9-19)10-22-16)12-6-14(25-2)8-15(7-12)26-3/h4-8,10-11,17H,1-3H3,(H,22,23). The molecule has 0 spiro atoms. The Morgan fingerprint density at radius 3 is 2.31 bits per heavy atom. The lowest BCUT2D eigenvalue weighted by molar-refractivity contribution is 0.393. The van der Waals surface area contributed by atoms with Crippen LogP contribution in [0.5, 0.6) is 11.5 Å². The topological polar surface area (TPSA) is 97.9 Å². The third kappa shape index (κ3) is 3.57. The van der Waals surface area contributed by atoms with Gasteiger partial charge in [0.2, 0.25) is 0 Å². The summed E-state index contributed by atoms with van der Waals surface area (Å²) in [5.41, 5.74) is 1.15. The van der Waals surface area contributed by atoms with Crippen molar-refractivity contribution in [3.05, 3.63) is 60.1 Å². The van der Waals surface area contributed by atoms with Crippen LogP contribution in [0.25, 0.3) is 0 Å². The molecular formula is C18H18N6O2. The molecule has 1 N–H and O–H groups in total. The zero-order chi connectivity index (χ0) is 18.5. The van der Waals surface area contributed by atoms with Gasteiger partial charge in [-0.25, -0.2) is 15.0 Å². The largest absolute Gasteiger partial charge is 0.497 e. The SMILES string of the molecule is COc1cc(OC)cc(C(Nc2cnc(C#N)cn2)c2nccn2C)c1. The van der Waals surface area contributed by atoms with Crippen molar-refractivity contribution in [3.63, 3.8) is 0 Å². The average molecular weight is 350 g/mol. The zero-order valence-corrected chi connectivity index (χ0v) is 14.7. The summed E-state index contributed by atoms with van der Waals surface area (Å²) >= 11 is 0. The van der Waals surface area contributed by atoms with E-state index in [2.05, 4.69) is 20.3 Å². The third-order valence-electron chi connectivity index (χ3n) is 3.88. The fraction of sp³-hybridized carbons (Fsp3) is 0.222. The number of aromatic nitrogens is 4. The van der Waals surface area contributed by atoms with E-state index in [1.54, 1.807) is 26.5 Å². The minimum absolute atomic E-state index is 0.257. The molecule has 1 atom stereocenters. The van der Waals surface area contributed by atoms with E-state index in [4.69, 9.17) is 14.7 Å². The fourth-order valence-electron chi connectivity index (χ4n) is 2.56. The van der Waals surface area contributed by atoms with Gasteiger partial charge in [0.05, 0.1) is 26.6 Å². The molecule has 26 heavy (non-hydrogen) atoms. The van der Waals surface area contributed by atoms with Crippen molar-refractivity contribution in [2.24, 2.45) is 7.05 Å². The number of hydrogen-bond acceptors (Lipinski definition) is 7. The monoisotopic (exact) mass is 350 g/mol. The van der Waals surface area contributed by atoms with Gasteiger partial charge in [-0.3, -0.25) is 0 Å². The first-order chi connectivity index (χ1) is 12.6. The first-order valence-electron chi connectivity index (χ1n) is 7.83. The summed E-state index contributed by atoms with van der Waals surface area (Å²) in [6.45, 7) is 0. The zero-order valence-electron chi connectivity index (χ0n) is 14.7. The average Bonchev–Trinajstić information content (AvgIpc) is 3.11. The minimum atomic E-state index is -0.318. The quantitative estimate of drug-likeness (QED) is 0.728. The van der Waals surface area contributed by atoms with Crippen molar-refractivity contribution in [3.8, 4) is 17.6 Å². The number of imidazole rings is 1. The third-order valence-corrected chi connectivity index (χ3v) is 3.88. The van der Waals surface area contributed by atoms with E-state index in [0.29, 0.717) is 17.3 Å². The maximum Gasteiger partial charge on any atom is 0.158 e. The predicted octanol–water partition coefficient (Wildman–Crippen LogP) is 2.30. The molecule has 0 aliphatic rings. The number of ether oxygens (including phenoxy) is 2. The maximum atomic E-state index is 8.88. The molecule has 2 heterocycles. The lowest BCUT2D eigenvalue weighted by atomic mass is 10.0. The molecule has 0 amide bonds. The molecule has 132 valence electrons. The fourth-order valence-corrected chi connectivity index (χ4v) is 2.56. The van der Waals surface area contributed by atoms with Crippen molar-refractivity contribution in [2.45, 2.75) is 6.04 Å². The van der Waals surface area contributed by atoms with Crippen molar-refractivity contribution >= 4 is 5.82 Å². The van der Waals surface area contributed by atoms with E-state index in [1.165, 1.54) is 12.4 Å². The van der Waals surface area contributed by atoms with Gasteiger partial charge in [0.15, 0.2) is 5.69 Å². The Balaban J connectivity index is 2.04. The molecule has 0 saturated heterocycles. The number of hydrogen-bond donors (Lipinski definition) is 1. The molecule has 0 radical (unpaired) electrons. The lowest BCUT2D eigenvalue weighted by Gasteiger charge is -2.20. The van der Waals surface area contributed by atoms with Gasteiger partial charge in [0.25, 0.3) is 0 Å². The van der Waals surface area contributed by atoms with E-state index < -0.39 is 0 Å². The van der Waals surface area contributed by atoms with Gasteiger partial charge in [-0.1, -0.05) is 0 Å². The van der Waals surface area contributed by atoms with Crippen LogP contribution in [0, 0.1) is 11.3 Å². The number of methoxy groups -OCH3 is 2. The molecule has 0 saturated carbocycles. The predicted molar refractivity (Wildman–Crippen MR) is 95.0 cm³/mol. The molecule has 3 rings (SSSR count). The molecule has 2 aromatic heterocycles. The van der Waals surface area contributed by atoms with Crippen LogP contribution in [0.2, 0.25) is 0 Å². The minimum Gasteiger partial charge on any atom is -0.497 e. The maximum absolute atomic E-state index is 8.88. The van der Waals surface area contributed by atoms with Crippen LogP contribution >= 0.6 is 0 Å². The van der Waals surface area contributed by atoms with E-state index in [0.717, 1.165) is 11.4 Å². The van der Waals surface area contributed by atoms with E-state index >= 15 is 0 Å². The van der Waals surface area contributed by atoms with Crippen molar-refractivity contribution in [1.29, 1.82) is 5.26 Å². The molecule has 8 nitrogen and oxygen atoms in total. The van der Waals surface area contributed by atoms with Gasteiger partial charge in [0, 0.05) is 25.5 Å².